The molecule has 3 heteroatoms. The molecule has 4 atom stereocenters. The fourth-order valence-electron chi connectivity index (χ4n) is 2.70. The van der Waals surface area contributed by atoms with Crippen molar-refractivity contribution in [3.8, 4) is 0 Å². The van der Waals surface area contributed by atoms with Crippen LogP contribution in [0.2, 0.25) is 0 Å². The molecule has 1 heterocycles. The fraction of sp³-hybridized carbons (Fsp3) is 1.00. The molecule has 2 unspecified atom stereocenters. The SMILES string of the molecule is CC1CCC(C)N(C[C@@H](N)[C@@H](C)OC(C)(C)C)C1. The number of nitrogens with zero attached hydrogens (tertiary/aromatic N) is 1. The highest BCUT2D eigenvalue weighted by atomic mass is 16.5. The summed E-state index contributed by atoms with van der Waals surface area (Å²) in [7, 11) is 0. The van der Waals surface area contributed by atoms with Gasteiger partial charge >= 0.3 is 0 Å². The average molecular weight is 256 g/mol. The molecule has 0 spiro atoms. The molecule has 2 N–H and O–H groups in total. The van der Waals surface area contributed by atoms with Gasteiger partial charge in [0.15, 0.2) is 0 Å². The van der Waals surface area contributed by atoms with E-state index in [1.807, 2.05) is 0 Å². The Labute approximate surface area is 113 Å². The van der Waals surface area contributed by atoms with Crippen molar-refractivity contribution >= 4 is 0 Å². The van der Waals surface area contributed by atoms with E-state index in [-0.39, 0.29) is 17.7 Å². The van der Waals surface area contributed by atoms with Crippen LogP contribution in [0.5, 0.6) is 0 Å². The normalized spacial score (nSPS) is 30.2. The van der Waals surface area contributed by atoms with E-state index in [1.54, 1.807) is 0 Å². The van der Waals surface area contributed by atoms with E-state index in [0.717, 1.165) is 12.5 Å². The van der Waals surface area contributed by atoms with Crippen LogP contribution in [-0.4, -0.2) is 41.8 Å². The first-order chi connectivity index (χ1) is 8.19. The number of likely N-dealkylation sites (tertiary alicyclic amines) is 1. The lowest BCUT2D eigenvalue weighted by atomic mass is 9.94. The summed E-state index contributed by atoms with van der Waals surface area (Å²) < 4.78 is 5.95. The van der Waals surface area contributed by atoms with Crippen LogP contribution >= 0.6 is 0 Å². The molecule has 0 radical (unpaired) electrons. The van der Waals surface area contributed by atoms with Gasteiger partial charge in [0.05, 0.1) is 11.7 Å². The van der Waals surface area contributed by atoms with E-state index in [9.17, 15) is 0 Å². The number of hydrogen-bond acceptors (Lipinski definition) is 3. The van der Waals surface area contributed by atoms with E-state index in [0.29, 0.717) is 6.04 Å². The van der Waals surface area contributed by atoms with Crippen LogP contribution < -0.4 is 5.73 Å². The van der Waals surface area contributed by atoms with Crippen molar-refractivity contribution < 1.29 is 4.74 Å². The van der Waals surface area contributed by atoms with Crippen molar-refractivity contribution in [2.45, 2.75) is 78.2 Å². The van der Waals surface area contributed by atoms with Crippen LogP contribution in [0.25, 0.3) is 0 Å². The Kier molecular flexibility index (Phi) is 5.63. The largest absolute Gasteiger partial charge is 0.371 e. The van der Waals surface area contributed by atoms with Crippen LogP contribution in [0.3, 0.4) is 0 Å². The van der Waals surface area contributed by atoms with Gasteiger partial charge in [0.1, 0.15) is 0 Å². The van der Waals surface area contributed by atoms with Gasteiger partial charge in [0, 0.05) is 25.2 Å². The van der Waals surface area contributed by atoms with Gasteiger partial charge in [-0.3, -0.25) is 4.90 Å². The lowest BCUT2D eigenvalue weighted by Gasteiger charge is -2.39. The van der Waals surface area contributed by atoms with Crippen LogP contribution in [-0.2, 0) is 4.74 Å². The topological polar surface area (TPSA) is 38.5 Å². The lowest BCUT2D eigenvalue weighted by molar-refractivity contribution is -0.0671. The lowest BCUT2D eigenvalue weighted by Crippen LogP contribution is -2.51. The summed E-state index contributed by atoms with van der Waals surface area (Å²) in [5, 5.41) is 0. The number of nitrogens with two attached hydrogens (primary N) is 1. The molecule has 108 valence electrons. The second-order valence-electron chi connectivity index (χ2n) is 7.08. The van der Waals surface area contributed by atoms with Crippen molar-refractivity contribution in [1.29, 1.82) is 0 Å². The zero-order chi connectivity index (χ0) is 13.9. The number of ether oxygens (including phenoxy) is 1. The minimum absolute atomic E-state index is 0.0944. The Hall–Kier alpha value is -0.120. The Morgan fingerprint density at radius 1 is 1.28 bits per heavy atom. The second-order valence-corrected chi connectivity index (χ2v) is 7.08. The van der Waals surface area contributed by atoms with Crippen molar-refractivity contribution in [2.75, 3.05) is 13.1 Å². The molecule has 1 fully saturated rings. The third-order valence-corrected chi connectivity index (χ3v) is 3.83. The Morgan fingerprint density at radius 3 is 2.44 bits per heavy atom. The van der Waals surface area contributed by atoms with Crippen molar-refractivity contribution in [3.63, 3.8) is 0 Å². The number of rotatable bonds is 4. The van der Waals surface area contributed by atoms with E-state index >= 15 is 0 Å². The maximum Gasteiger partial charge on any atom is 0.0717 e. The van der Waals surface area contributed by atoms with Crippen molar-refractivity contribution in [3.05, 3.63) is 0 Å². The Bertz CT molecular complexity index is 249. The third-order valence-electron chi connectivity index (χ3n) is 3.83. The monoisotopic (exact) mass is 256 g/mol. The number of piperidine rings is 1. The van der Waals surface area contributed by atoms with Gasteiger partial charge in [-0.1, -0.05) is 6.92 Å². The van der Waals surface area contributed by atoms with Gasteiger partial charge in [0.2, 0.25) is 0 Å². The molecular weight excluding hydrogens is 224 g/mol. The molecule has 1 aliphatic rings. The van der Waals surface area contributed by atoms with E-state index in [2.05, 4.69) is 46.4 Å². The molecule has 0 aromatic heterocycles. The summed E-state index contributed by atoms with van der Waals surface area (Å²) in [6, 6.07) is 0.756. The third kappa shape index (κ3) is 5.25. The van der Waals surface area contributed by atoms with Crippen LogP contribution in [0.1, 0.15) is 54.4 Å². The van der Waals surface area contributed by atoms with Crippen LogP contribution in [0.4, 0.5) is 0 Å². The first-order valence-electron chi connectivity index (χ1n) is 7.36. The molecule has 0 aliphatic carbocycles. The molecule has 1 aliphatic heterocycles. The average Bonchev–Trinajstić information content (AvgIpc) is 2.21. The predicted octanol–water partition coefficient (Wildman–Crippen LogP) is 2.64. The standard InChI is InChI=1S/C15H32N2O/c1-11-7-8-12(2)17(9-11)10-14(16)13(3)18-15(4,5)6/h11-14H,7-10,16H2,1-6H3/t11?,12?,13-,14-/m1/s1. The maximum atomic E-state index is 6.30. The first kappa shape index (κ1) is 15.9. The predicted molar refractivity (Wildman–Crippen MR) is 77.7 cm³/mol. The Balaban J connectivity index is 2.45. The highest BCUT2D eigenvalue weighted by Crippen LogP contribution is 2.22. The van der Waals surface area contributed by atoms with Crippen LogP contribution in [0.15, 0.2) is 0 Å². The Morgan fingerprint density at radius 2 is 1.89 bits per heavy atom. The van der Waals surface area contributed by atoms with E-state index in [1.165, 1.54) is 19.4 Å². The molecule has 1 rings (SSSR count). The van der Waals surface area contributed by atoms with Crippen LogP contribution in [0, 0.1) is 5.92 Å². The van der Waals surface area contributed by atoms with Gasteiger partial charge in [-0.05, 0) is 53.4 Å². The summed E-state index contributed by atoms with van der Waals surface area (Å²) in [6.45, 7) is 15.1. The molecule has 0 aromatic carbocycles. The summed E-state index contributed by atoms with van der Waals surface area (Å²) in [5.41, 5.74) is 6.18. The summed E-state index contributed by atoms with van der Waals surface area (Å²) >= 11 is 0. The molecule has 18 heavy (non-hydrogen) atoms. The van der Waals surface area contributed by atoms with Gasteiger partial charge in [-0.15, -0.1) is 0 Å². The van der Waals surface area contributed by atoms with E-state index in [4.69, 9.17) is 10.5 Å². The molecular formula is C15H32N2O. The minimum atomic E-state index is -0.113. The van der Waals surface area contributed by atoms with Gasteiger partial charge in [-0.25, -0.2) is 0 Å². The summed E-state index contributed by atoms with van der Waals surface area (Å²) in [5.74, 6) is 0.798. The summed E-state index contributed by atoms with van der Waals surface area (Å²) in [6.07, 6.45) is 2.75. The fourth-order valence-corrected chi connectivity index (χ4v) is 2.70. The molecule has 0 saturated carbocycles. The zero-order valence-corrected chi connectivity index (χ0v) is 13.1. The minimum Gasteiger partial charge on any atom is -0.371 e. The van der Waals surface area contributed by atoms with E-state index < -0.39 is 0 Å². The second kappa shape index (κ2) is 6.36. The van der Waals surface area contributed by atoms with Crippen molar-refractivity contribution in [2.24, 2.45) is 11.7 Å². The first-order valence-corrected chi connectivity index (χ1v) is 7.36. The zero-order valence-electron chi connectivity index (χ0n) is 13.1. The molecule has 0 bridgehead atoms. The highest BCUT2D eigenvalue weighted by Gasteiger charge is 2.27. The number of hydrogen-bond donors (Lipinski definition) is 1. The van der Waals surface area contributed by atoms with Gasteiger partial charge < -0.3 is 10.5 Å². The van der Waals surface area contributed by atoms with Gasteiger partial charge in [-0.2, -0.15) is 0 Å². The molecule has 0 aromatic rings. The molecule has 0 amide bonds. The highest BCUT2D eigenvalue weighted by molar-refractivity contribution is 4.83. The quantitative estimate of drug-likeness (QED) is 0.840. The van der Waals surface area contributed by atoms with Crippen molar-refractivity contribution in [1.82, 2.24) is 4.90 Å². The smallest absolute Gasteiger partial charge is 0.0717 e. The molecule has 1 saturated heterocycles. The maximum absolute atomic E-state index is 6.30. The molecule has 3 nitrogen and oxygen atoms in total. The van der Waals surface area contributed by atoms with Gasteiger partial charge in [0.25, 0.3) is 0 Å². The summed E-state index contributed by atoms with van der Waals surface area (Å²) in [4.78, 5) is 2.53.